The van der Waals surface area contributed by atoms with Crippen LogP contribution in [0, 0.1) is 5.92 Å². The Morgan fingerprint density at radius 2 is 2.19 bits per heavy atom. The Morgan fingerprint density at radius 1 is 1.38 bits per heavy atom. The third-order valence-corrected chi connectivity index (χ3v) is 4.30. The van der Waals surface area contributed by atoms with Gasteiger partial charge in [0, 0.05) is 23.3 Å². The third kappa shape index (κ3) is 4.63. The quantitative estimate of drug-likeness (QED) is 0.842. The molecule has 1 fully saturated rings. The zero-order valence-corrected chi connectivity index (χ0v) is 13.7. The molecule has 1 aromatic carbocycles. The van der Waals surface area contributed by atoms with Crippen LogP contribution in [-0.4, -0.2) is 18.5 Å². The minimum atomic E-state index is -0.0183. The first-order valence-electron chi connectivity index (χ1n) is 7.94. The monoisotopic (exact) mass is 308 g/mol. The first kappa shape index (κ1) is 16.2. The fourth-order valence-corrected chi connectivity index (χ4v) is 3.12. The van der Waals surface area contributed by atoms with E-state index in [1.807, 2.05) is 12.1 Å². The molecule has 21 heavy (non-hydrogen) atoms. The number of hydrogen-bond donors (Lipinski definition) is 2. The number of amides is 1. The summed E-state index contributed by atoms with van der Waals surface area (Å²) in [6.07, 6.45) is 5.64. The molecule has 3 nitrogen and oxygen atoms in total. The topological polar surface area (TPSA) is 41.1 Å². The molecule has 0 heterocycles. The highest BCUT2D eigenvalue weighted by atomic mass is 35.5. The van der Waals surface area contributed by atoms with E-state index in [0.717, 1.165) is 31.5 Å². The van der Waals surface area contributed by atoms with E-state index in [4.69, 9.17) is 11.6 Å². The molecule has 2 unspecified atom stereocenters. The Kier molecular flexibility index (Phi) is 5.92. The number of carbonyl (C=O) groups excluding carboxylic acids is 1. The van der Waals surface area contributed by atoms with Crippen molar-refractivity contribution in [2.75, 3.05) is 11.9 Å². The van der Waals surface area contributed by atoms with E-state index in [9.17, 15) is 4.79 Å². The van der Waals surface area contributed by atoms with Crippen LogP contribution in [0.5, 0.6) is 0 Å². The third-order valence-electron chi connectivity index (χ3n) is 4.06. The Balaban J connectivity index is 2.08. The molecular formula is C17H25ClN2O. The smallest absolute Gasteiger partial charge is 0.253 e. The summed E-state index contributed by atoms with van der Waals surface area (Å²) in [6.45, 7) is 5.21. The van der Waals surface area contributed by atoms with Gasteiger partial charge in [-0.05, 0) is 43.4 Å². The van der Waals surface area contributed by atoms with Crippen LogP contribution in [0.3, 0.4) is 0 Å². The molecule has 2 N–H and O–H groups in total. The first-order valence-corrected chi connectivity index (χ1v) is 8.32. The van der Waals surface area contributed by atoms with E-state index in [1.54, 1.807) is 6.07 Å². The summed E-state index contributed by atoms with van der Waals surface area (Å²) in [5.74, 6) is 0.677. The number of nitrogens with one attached hydrogen (secondary N) is 2. The van der Waals surface area contributed by atoms with Crippen LogP contribution in [-0.2, 0) is 0 Å². The molecule has 1 aliphatic carbocycles. The van der Waals surface area contributed by atoms with Gasteiger partial charge in [-0.2, -0.15) is 0 Å². The number of anilines is 1. The van der Waals surface area contributed by atoms with Crippen LogP contribution in [0.1, 0.15) is 56.3 Å². The minimum Gasteiger partial charge on any atom is -0.384 e. The maximum absolute atomic E-state index is 12.5. The standard InChI is InChI=1S/C17H25ClN2O/c1-3-9-19-16-8-7-13(18)11-15(16)17(21)20-14-6-4-5-12(2)10-14/h7-8,11-12,14,19H,3-6,9-10H2,1-2H3,(H,20,21). The van der Waals surface area contributed by atoms with Gasteiger partial charge < -0.3 is 10.6 Å². The fraction of sp³-hybridized carbons (Fsp3) is 0.588. The van der Waals surface area contributed by atoms with Crippen molar-refractivity contribution in [3.63, 3.8) is 0 Å². The van der Waals surface area contributed by atoms with Crippen molar-refractivity contribution in [2.24, 2.45) is 5.92 Å². The summed E-state index contributed by atoms with van der Waals surface area (Å²) in [5, 5.41) is 7.07. The minimum absolute atomic E-state index is 0.0183. The van der Waals surface area contributed by atoms with Crippen LogP contribution in [0.15, 0.2) is 18.2 Å². The van der Waals surface area contributed by atoms with Gasteiger partial charge in [0.2, 0.25) is 0 Å². The van der Waals surface area contributed by atoms with E-state index in [1.165, 1.54) is 12.8 Å². The van der Waals surface area contributed by atoms with E-state index >= 15 is 0 Å². The van der Waals surface area contributed by atoms with Crippen LogP contribution >= 0.6 is 11.6 Å². The maximum atomic E-state index is 12.5. The van der Waals surface area contributed by atoms with Gasteiger partial charge in [0.1, 0.15) is 0 Å². The predicted octanol–water partition coefficient (Wildman–Crippen LogP) is 4.47. The van der Waals surface area contributed by atoms with Gasteiger partial charge in [0.05, 0.1) is 5.56 Å². The molecule has 2 atom stereocenters. The number of rotatable bonds is 5. The molecule has 0 saturated heterocycles. The van der Waals surface area contributed by atoms with Crippen molar-refractivity contribution in [2.45, 2.75) is 52.0 Å². The first-order chi connectivity index (χ1) is 10.1. The van der Waals surface area contributed by atoms with Crippen molar-refractivity contribution >= 4 is 23.2 Å². The Bertz CT molecular complexity index is 490. The van der Waals surface area contributed by atoms with Crippen molar-refractivity contribution in [3.8, 4) is 0 Å². The van der Waals surface area contributed by atoms with Crippen LogP contribution in [0.25, 0.3) is 0 Å². The van der Waals surface area contributed by atoms with Crippen molar-refractivity contribution < 1.29 is 4.79 Å². The fourth-order valence-electron chi connectivity index (χ4n) is 2.95. The predicted molar refractivity (Wildman–Crippen MR) is 89.1 cm³/mol. The number of hydrogen-bond acceptors (Lipinski definition) is 2. The highest BCUT2D eigenvalue weighted by Gasteiger charge is 2.22. The summed E-state index contributed by atoms with van der Waals surface area (Å²) in [4.78, 5) is 12.5. The van der Waals surface area contributed by atoms with Gasteiger partial charge in [-0.25, -0.2) is 0 Å². The van der Waals surface area contributed by atoms with E-state index in [0.29, 0.717) is 22.5 Å². The lowest BCUT2D eigenvalue weighted by molar-refractivity contribution is 0.0922. The van der Waals surface area contributed by atoms with Gasteiger partial charge in [0.15, 0.2) is 0 Å². The van der Waals surface area contributed by atoms with E-state index in [-0.39, 0.29) is 5.91 Å². The Labute approximate surface area is 132 Å². The molecular weight excluding hydrogens is 284 g/mol. The second-order valence-electron chi connectivity index (χ2n) is 6.06. The molecule has 1 saturated carbocycles. The average molecular weight is 309 g/mol. The summed E-state index contributed by atoms with van der Waals surface area (Å²) < 4.78 is 0. The van der Waals surface area contributed by atoms with Gasteiger partial charge in [-0.1, -0.05) is 38.3 Å². The number of carbonyl (C=O) groups is 1. The van der Waals surface area contributed by atoms with Crippen molar-refractivity contribution in [1.82, 2.24) is 5.32 Å². The Hall–Kier alpha value is -1.22. The molecule has 0 aliphatic heterocycles. The molecule has 0 bridgehead atoms. The molecule has 0 radical (unpaired) electrons. The molecule has 2 rings (SSSR count). The molecule has 116 valence electrons. The summed E-state index contributed by atoms with van der Waals surface area (Å²) >= 11 is 6.05. The second kappa shape index (κ2) is 7.69. The van der Waals surface area contributed by atoms with Gasteiger partial charge in [0.25, 0.3) is 5.91 Å². The zero-order valence-electron chi connectivity index (χ0n) is 12.9. The van der Waals surface area contributed by atoms with E-state index < -0.39 is 0 Å². The van der Waals surface area contributed by atoms with Crippen molar-refractivity contribution in [1.29, 1.82) is 0 Å². The molecule has 1 amide bonds. The Morgan fingerprint density at radius 3 is 2.90 bits per heavy atom. The molecule has 1 aliphatic rings. The number of halogens is 1. The van der Waals surface area contributed by atoms with E-state index in [2.05, 4.69) is 24.5 Å². The lowest BCUT2D eigenvalue weighted by Crippen LogP contribution is -2.38. The van der Waals surface area contributed by atoms with Crippen LogP contribution in [0.4, 0.5) is 5.69 Å². The van der Waals surface area contributed by atoms with Crippen LogP contribution < -0.4 is 10.6 Å². The molecule has 1 aromatic rings. The van der Waals surface area contributed by atoms with Gasteiger partial charge in [-0.3, -0.25) is 4.79 Å². The molecule has 0 aromatic heterocycles. The summed E-state index contributed by atoms with van der Waals surface area (Å²) in [7, 11) is 0. The maximum Gasteiger partial charge on any atom is 0.253 e. The SMILES string of the molecule is CCCNc1ccc(Cl)cc1C(=O)NC1CCCC(C)C1. The molecule has 4 heteroatoms. The summed E-state index contributed by atoms with van der Waals surface area (Å²) in [5.41, 5.74) is 1.51. The second-order valence-corrected chi connectivity index (χ2v) is 6.50. The zero-order chi connectivity index (χ0) is 15.2. The normalized spacial score (nSPS) is 21.9. The highest BCUT2D eigenvalue weighted by Crippen LogP contribution is 2.25. The van der Waals surface area contributed by atoms with Crippen molar-refractivity contribution in [3.05, 3.63) is 28.8 Å². The largest absolute Gasteiger partial charge is 0.384 e. The lowest BCUT2D eigenvalue weighted by Gasteiger charge is -2.27. The average Bonchev–Trinajstić information content (AvgIpc) is 2.46. The number of benzene rings is 1. The highest BCUT2D eigenvalue weighted by molar-refractivity contribution is 6.31. The van der Waals surface area contributed by atoms with Gasteiger partial charge >= 0.3 is 0 Å². The lowest BCUT2D eigenvalue weighted by atomic mass is 9.87. The van der Waals surface area contributed by atoms with Crippen LogP contribution in [0.2, 0.25) is 5.02 Å². The summed E-state index contributed by atoms with van der Waals surface area (Å²) in [6, 6.07) is 5.75. The molecule has 0 spiro atoms. The van der Waals surface area contributed by atoms with Gasteiger partial charge in [-0.15, -0.1) is 0 Å².